The molecule has 1 heterocycles. The van der Waals surface area contributed by atoms with Gasteiger partial charge in [0.2, 0.25) is 0 Å². The maximum absolute atomic E-state index is 5.84. The van der Waals surface area contributed by atoms with Crippen molar-refractivity contribution in [1.82, 2.24) is 0 Å². The zero-order valence-corrected chi connectivity index (χ0v) is 8.26. The van der Waals surface area contributed by atoms with E-state index in [1.165, 1.54) is 10.8 Å². The fourth-order valence-electron chi connectivity index (χ4n) is 1.87. The van der Waals surface area contributed by atoms with Crippen molar-refractivity contribution in [2.75, 3.05) is 0 Å². The van der Waals surface area contributed by atoms with Crippen LogP contribution >= 0.6 is 0 Å². The average Bonchev–Trinajstić information content (AvgIpc) is 2.74. The fraction of sp³-hybridized carbons (Fsp3) is 0.0714. The van der Waals surface area contributed by atoms with Gasteiger partial charge in [-0.25, -0.2) is 4.42 Å². The van der Waals surface area contributed by atoms with E-state index in [1.54, 1.807) is 0 Å². The number of hydrogen-bond donors (Lipinski definition) is 0. The number of fused-ring (bicyclic) bond motifs is 1. The lowest BCUT2D eigenvalue weighted by atomic mass is 10.1. The largest absolute Gasteiger partial charge is 0.352 e. The predicted molar refractivity (Wildman–Crippen MR) is 61.6 cm³/mol. The molecular formula is C14H11O+. The summed E-state index contributed by atoms with van der Waals surface area (Å²) < 4.78 is 5.84. The van der Waals surface area contributed by atoms with Gasteiger partial charge in [0.1, 0.15) is 0 Å². The molecule has 2 aromatic carbocycles. The molecule has 0 fully saturated rings. The summed E-state index contributed by atoms with van der Waals surface area (Å²) in [6.45, 7) is 0. The maximum Gasteiger partial charge on any atom is 0.352 e. The quantitative estimate of drug-likeness (QED) is 0.615. The van der Waals surface area contributed by atoms with Gasteiger partial charge >= 0.3 is 11.5 Å². The minimum Gasteiger partial charge on any atom is -0.242 e. The Kier molecular flexibility index (Phi) is 1.88. The van der Waals surface area contributed by atoms with Crippen LogP contribution in [0.15, 0.2) is 59.0 Å². The van der Waals surface area contributed by atoms with Gasteiger partial charge in [0.15, 0.2) is 0 Å². The molecule has 1 nitrogen and oxygen atoms in total. The Labute approximate surface area is 88.0 Å². The third-order valence-corrected chi connectivity index (χ3v) is 2.63. The van der Waals surface area contributed by atoms with Crippen molar-refractivity contribution in [3.63, 3.8) is 0 Å². The first-order chi connectivity index (χ1) is 7.43. The van der Waals surface area contributed by atoms with Crippen LogP contribution < -0.4 is 10.6 Å². The molecule has 0 N–H and O–H groups in total. The van der Waals surface area contributed by atoms with Gasteiger partial charge in [-0.1, -0.05) is 30.3 Å². The molecule has 3 rings (SSSR count). The van der Waals surface area contributed by atoms with E-state index in [2.05, 4.69) is 24.3 Å². The summed E-state index contributed by atoms with van der Waals surface area (Å²) in [6.07, 6.45) is 2.23. The molecule has 0 spiro atoms. The topological polar surface area (TPSA) is 11.3 Å². The van der Waals surface area contributed by atoms with Gasteiger partial charge in [-0.15, -0.1) is 0 Å². The molecule has 0 aromatic heterocycles. The lowest BCUT2D eigenvalue weighted by Crippen LogP contribution is -2.19. The highest BCUT2D eigenvalue weighted by atomic mass is 16.4. The summed E-state index contributed by atoms with van der Waals surface area (Å²) in [6, 6.07) is 18.4. The summed E-state index contributed by atoms with van der Waals surface area (Å²) in [5.74, 6) is 0. The van der Waals surface area contributed by atoms with Crippen molar-refractivity contribution in [3.8, 4) is 0 Å². The Bertz CT molecular complexity index is 549. The van der Waals surface area contributed by atoms with Gasteiger partial charge in [0.25, 0.3) is 0 Å². The minimum atomic E-state index is 0.0728. The van der Waals surface area contributed by atoms with E-state index in [9.17, 15) is 0 Å². The smallest absolute Gasteiger partial charge is 0.242 e. The van der Waals surface area contributed by atoms with Gasteiger partial charge < -0.3 is 0 Å². The van der Waals surface area contributed by atoms with Crippen LogP contribution in [0, 0.1) is 0 Å². The SMILES string of the molecule is C1=c2ccccc2=[O+]C1c1ccccc1. The molecular weight excluding hydrogens is 184 g/mol. The monoisotopic (exact) mass is 195 g/mol. The second-order valence-corrected chi connectivity index (χ2v) is 3.65. The van der Waals surface area contributed by atoms with Crippen LogP contribution in [-0.4, -0.2) is 0 Å². The standard InChI is InChI=1S/C14H11O/c1-2-6-11(7-3-1)14-10-12-8-4-5-9-13(12)15-14/h1-10,14H/q+1. The van der Waals surface area contributed by atoms with Crippen molar-refractivity contribution in [2.45, 2.75) is 6.10 Å². The van der Waals surface area contributed by atoms with E-state index >= 15 is 0 Å². The fourth-order valence-corrected chi connectivity index (χ4v) is 1.87. The third-order valence-electron chi connectivity index (χ3n) is 2.63. The number of para-hydroxylation sites is 1. The molecule has 1 heteroatoms. The normalized spacial score (nSPS) is 17.7. The first-order valence-electron chi connectivity index (χ1n) is 5.09. The van der Waals surface area contributed by atoms with Crippen LogP contribution in [0.1, 0.15) is 11.7 Å². The van der Waals surface area contributed by atoms with E-state index in [4.69, 9.17) is 4.42 Å². The minimum absolute atomic E-state index is 0.0728. The Morgan fingerprint density at radius 1 is 0.800 bits per heavy atom. The summed E-state index contributed by atoms with van der Waals surface area (Å²) in [4.78, 5) is 0. The zero-order chi connectivity index (χ0) is 10.1. The number of rotatable bonds is 1. The van der Waals surface area contributed by atoms with Crippen LogP contribution in [0.2, 0.25) is 0 Å². The first kappa shape index (κ1) is 8.42. The highest BCUT2D eigenvalue weighted by Crippen LogP contribution is 2.18. The molecule has 0 bridgehead atoms. The highest BCUT2D eigenvalue weighted by molar-refractivity contribution is 5.45. The highest BCUT2D eigenvalue weighted by Gasteiger charge is 2.22. The lowest BCUT2D eigenvalue weighted by Gasteiger charge is -1.93. The summed E-state index contributed by atoms with van der Waals surface area (Å²) in [7, 11) is 0. The number of benzene rings is 2. The van der Waals surface area contributed by atoms with Crippen molar-refractivity contribution in [3.05, 3.63) is 75.2 Å². The molecule has 2 aromatic rings. The van der Waals surface area contributed by atoms with Gasteiger partial charge in [0, 0.05) is 12.1 Å². The number of hydrogen-bond acceptors (Lipinski definition) is 0. The Morgan fingerprint density at radius 3 is 2.33 bits per heavy atom. The van der Waals surface area contributed by atoms with Crippen LogP contribution in [0.3, 0.4) is 0 Å². The molecule has 15 heavy (non-hydrogen) atoms. The van der Waals surface area contributed by atoms with Crippen LogP contribution in [0.25, 0.3) is 6.08 Å². The maximum atomic E-state index is 5.84. The van der Waals surface area contributed by atoms with Gasteiger partial charge in [-0.2, -0.15) is 0 Å². The average molecular weight is 195 g/mol. The van der Waals surface area contributed by atoms with Crippen LogP contribution in [-0.2, 0) is 0 Å². The van der Waals surface area contributed by atoms with E-state index in [0.29, 0.717) is 0 Å². The van der Waals surface area contributed by atoms with E-state index in [-0.39, 0.29) is 6.10 Å². The first-order valence-corrected chi connectivity index (χ1v) is 5.09. The Morgan fingerprint density at radius 2 is 1.53 bits per heavy atom. The van der Waals surface area contributed by atoms with Gasteiger partial charge in [-0.05, 0) is 18.2 Å². The van der Waals surface area contributed by atoms with Crippen LogP contribution in [0.5, 0.6) is 0 Å². The van der Waals surface area contributed by atoms with E-state index in [1.807, 2.05) is 36.4 Å². The second-order valence-electron chi connectivity index (χ2n) is 3.65. The van der Waals surface area contributed by atoms with Crippen molar-refractivity contribution < 1.29 is 0 Å². The van der Waals surface area contributed by atoms with Gasteiger partial charge in [-0.3, -0.25) is 0 Å². The molecule has 1 unspecified atom stereocenters. The lowest BCUT2D eigenvalue weighted by molar-refractivity contribution is 1.10. The molecule has 1 aliphatic heterocycles. The molecule has 72 valence electrons. The molecule has 1 atom stereocenters. The predicted octanol–water partition coefficient (Wildman–Crippen LogP) is 1.84. The second kappa shape index (κ2) is 3.35. The van der Waals surface area contributed by atoms with Crippen molar-refractivity contribution in [1.29, 1.82) is 0 Å². The summed E-state index contributed by atoms with van der Waals surface area (Å²) in [5, 5.41) is 1.19. The molecule has 0 saturated heterocycles. The van der Waals surface area contributed by atoms with E-state index in [0.717, 1.165) is 5.43 Å². The summed E-state index contributed by atoms with van der Waals surface area (Å²) in [5.41, 5.74) is 2.18. The molecule has 0 radical (unpaired) electrons. The molecule has 0 saturated carbocycles. The Hall–Kier alpha value is -1.89. The molecule has 0 aliphatic carbocycles. The Balaban J connectivity index is 2.12. The van der Waals surface area contributed by atoms with E-state index < -0.39 is 0 Å². The molecule has 0 amide bonds. The van der Waals surface area contributed by atoms with Crippen LogP contribution in [0.4, 0.5) is 0 Å². The zero-order valence-electron chi connectivity index (χ0n) is 8.26. The van der Waals surface area contributed by atoms with Crippen molar-refractivity contribution in [2.24, 2.45) is 0 Å². The molecule has 1 aliphatic rings. The third kappa shape index (κ3) is 1.46. The van der Waals surface area contributed by atoms with Crippen molar-refractivity contribution >= 4 is 6.08 Å². The summed E-state index contributed by atoms with van der Waals surface area (Å²) >= 11 is 0. The van der Waals surface area contributed by atoms with Gasteiger partial charge in [0.05, 0.1) is 10.8 Å².